The molecule has 0 N–H and O–H groups in total. The Morgan fingerprint density at radius 3 is 2.56 bits per heavy atom. The van der Waals surface area contributed by atoms with Gasteiger partial charge in [-0.05, 0) is 36.2 Å². The van der Waals surface area contributed by atoms with Crippen molar-refractivity contribution < 1.29 is 4.39 Å². The van der Waals surface area contributed by atoms with Crippen LogP contribution in [0, 0.1) is 5.82 Å². The van der Waals surface area contributed by atoms with Gasteiger partial charge >= 0.3 is 0 Å². The maximum Gasteiger partial charge on any atom is 0.205 e. The lowest BCUT2D eigenvalue weighted by molar-refractivity contribution is 0.261. The molecule has 4 rings (SSSR count). The number of anilines is 1. The Morgan fingerprint density at radius 1 is 1.04 bits per heavy atom. The smallest absolute Gasteiger partial charge is 0.205 e. The van der Waals surface area contributed by atoms with Crippen LogP contribution in [0.25, 0.3) is 11.4 Å². The Labute approximate surface area is 167 Å². The molecule has 27 heavy (non-hydrogen) atoms. The van der Waals surface area contributed by atoms with Crippen molar-refractivity contribution in [1.29, 1.82) is 0 Å². The van der Waals surface area contributed by atoms with Crippen LogP contribution < -0.4 is 4.90 Å². The van der Waals surface area contributed by atoms with Crippen molar-refractivity contribution in [1.82, 2.24) is 14.3 Å². The summed E-state index contributed by atoms with van der Waals surface area (Å²) in [5, 5.41) is 1.65. The van der Waals surface area contributed by atoms with E-state index in [0.717, 1.165) is 55.7 Å². The second-order valence-electron chi connectivity index (χ2n) is 6.62. The Bertz CT molecular complexity index is 891. The standard InChI is InChI=1S/C20H20ClFN4S/c21-17-3-1-2-16(14-17)19-23-20(27-24-19)26-12-10-25(11-13-26)9-8-15-4-6-18(22)7-5-15/h1-7,14H,8-13H2. The number of halogens is 2. The van der Waals surface area contributed by atoms with Crippen LogP contribution in [0.5, 0.6) is 0 Å². The van der Waals surface area contributed by atoms with E-state index < -0.39 is 0 Å². The van der Waals surface area contributed by atoms with E-state index in [1.54, 1.807) is 0 Å². The molecule has 1 aromatic heterocycles. The Kier molecular flexibility index (Phi) is 5.66. The fourth-order valence-electron chi connectivity index (χ4n) is 3.19. The first-order valence-corrected chi connectivity index (χ1v) is 10.1. The first-order valence-electron chi connectivity index (χ1n) is 8.99. The van der Waals surface area contributed by atoms with E-state index in [0.29, 0.717) is 5.02 Å². The molecule has 0 aliphatic carbocycles. The van der Waals surface area contributed by atoms with Crippen LogP contribution in [0.4, 0.5) is 9.52 Å². The first-order chi connectivity index (χ1) is 13.2. The van der Waals surface area contributed by atoms with Crippen LogP contribution in [0.2, 0.25) is 5.02 Å². The molecule has 0 spiro atoms. The van der Waals surface area contributed by atoms with Gasteiger partial charge in [0.05, 0.1) is 0 Å². The van der Waals surface area contributed by atoms with Crippen LogP contribution >= 0.6 is 23.1 Å². The quantitative estimate of drug-likeness (QED) is 0.634. The highest BCUT2D eigenvalue weighted by Crippen LogP contribution is 2.26. The van der Waals surface area contributed by atoms with E-state index in [4.69, 9.17) is 16.6 Å². The van der Waals surface area contributed by atoms with Gasteiger partial charge in [-0.25, -0.2) is 4.39 Å². The third-order valence-corrected chi connectivity index (χ3v) is 5.78. The van der Waals surface area contributed by atoms with Crippen molar-refractivity contribution >= 4 is 28.3 Å². The summed E-state index contributed by atoms with van der Waals surface area (Å²) < 4.78 is 17.5. The molecule has 2 aromatic carbocycles. The number of piperazine rings is 1. The summed E-state index contributed by atoms with van der Waals surface area (Å²) >= 11 is 7.50. The predicted molar refractivity (Wildman–Crippen MR) is 109 cm³/mol. The highest BCUT2D eigenvalue weighted by Gasteiger charge is 2.20. The van der Waals surface area contributed by atoms with Crippen molar-refractivity contribution in [3.8, 4) is 11.4 Å². The minimum atomic E-state index is -0.179. The maximum absolute atomic E-state index is 13.0. The van der Waals surface area contributed by atoms with Gasteiger partial charge in [0.1, 0.15) is 5.82 Å². The van der Waals surface area contributed by atoms with Crippen LogP contribution in [0.3, 0.4) is 0 Å². The van der Waals surface area contributed by atoms with Crippen molar-refractivity contribution in [2.45, 2.75) is 6.42 Å². The van der Waals surface area contributed by atoms with Crippen molar-refractivity contribution in [2.75, 3.05) is 37.6 Å². The zero-order valence-electron chi connectivity index (χ0n) is 14.8. The molecule has 140 valence electrons. The fourth-order valence-corrected chi connectivity index (χ4v) is 4.12. The molecule has 0 atom stereocenters. The summed E-state index contributed by atoms with van der Waals surface area (Å²) in [5.41, 5.74) is 2.12. The van der Waals surface area contributed by atoms with E-state index in [1.165, 1.54) is 29.2 Å². The van der Waals surface area contributed by atoms with Crippen molar-refractivity contribution in [2.24, 2.45) is 0 Å². The van der Waals surface area contributed by atoms with Crippen LogP contribution in [0.1, 0.15) is 5.56 Å². The van der Waals surface area contributed by atoms with Gasteiger partial charge in [-0.3, -0.25) is 4.90 Å². The topological polar surface area (TPSA) is 32.3 Å². The average Bonchev–Trinajstić information content (AvgIpc) is 3.18. The van der Waals surface area contributed by atoms with Gasteiger partial charge in [-0.1, -0.05) is 35.9 Å². The molecular weight excluding hydrogens is 383 g/mol. The van der Waals surface area contributed by atoms with Gasteiger partial charge in [0.2, 0.25) is 5.13 Å². The predicted octanol–water partition coefficient (Wildman–Crippen LogP) is 4.36. The average molecular weight is 403 g/mol. The molecule has 0 unspecified atom stereocenters. The summed E-state index contributed by atoms with van der Waals surface area (Å²) in [5.74, 6) is 0.554. The second kappa shape index (κ2) is 8.33. The van der Waals surface area contributed by atoms with Gasteiger partial charge in [0.15, 0.2) is 5.82 Å². The molecule has 1 aliphatic heterocycles. The summed E-state index contributed by atoms with van der Waals surface area (Å²) in [4.78, 5) is 9.43. The molecule has 2 heterocycles. The summed E-state index contributed by atoms with van der Waals surface area (Å²) in [7, 11) is 0. The largest absolute Gasteiger partial charge is 0.344 e. The Hall–Kier alpha value is -2.02. The molecule has 0 amide bonds. The number of rotatable bonds is 5. The van der Waals surface area contributed by atoms with E-state index in [2.05, 4.69) is 14.2 Å². The van der Waals surface area contributed by atoms with Gasteiger partial charge in [0, 0.05) is 54.8 Å². The third kappa shape index (κ3) is 4.64. The number of hydrogen-bond donors (Lipinski definition) is 0. The monoisotopic (exact) mass is 402 g/mol. The highest BCUT2D eigenvalue weighted by atomic mass is 35.5. The molecular formula is C20H20ClFN4S. The van der Waals surface area contributed by atoms with Crippen molar-refractivity contribution in [3.63, 3.8) is 0 Å². The third-order valence-electron chi connectivity index (χ3n) is 4.77. The second-order valence-corrected chi connectivity index (χ2v) is 7.78. The zero-order chi connectivity index (χ0) is 18.6. The van der Waals surface area contributed by atoms with Crippen LogP contribution in [-0.4, -0.2) is 47.0 Å². The summed E-state index contributed by atoms with van der Waals surface area (Å²) in [6.07, 6.45) is 0.942. The summed E-state index contributed by atoms with van der Waals surface area (Å²) in [6, 6.07) is 14.4. The minimum absolute atomic E-state index is 0.179. The first kappa shape index (κ1) is 18.3. The number of nitrogens with zero attached hydrogens (tertiary/aromatic N) is 4. The molecule has 7 heteroatoms. The lowest BCUT2D eigenvalue weighted by Crippen LogP contribution is -2.47. The molecule has 0 bridgehead atoms. The zero-order valence-corrected chi connectivity index (χ0v) is 16.4. The number of aromatic nitrogens is 2. The molecule has 1 saturated heterocycles. The summed E-state index contributed by atoms with van der Waals surface area (Å²) in [6.45, 7) is 4.85. The van der Waals surface area contributed by atoms with Gasteiger partial charge in [-0.2, -0.15) is 9.36 Å². The van der Waals surface area contributed by atoms with E-state index >= 15 is 0 Å². The number of hydrogen-bond acceptors (Lipinski definition) is 5. The molecule has 4 nitrogen and oxygen atoms in total. The van der Waals surface area contributed by atoms with Crippen molar-refractivity contribution in [3.05, 3.63) is 64.9 Å². The minimum Gasteiger partial charge on any atom is -0.344 e. The number of benzene rings is 2. The fraction of sp³-hybridized carbons (Fsp3) is 0.300. The normalized spacial score (nSPS) is 15.3. The molecule has 0 saturated carbocycles. The van der Waals surface area contributed by atoms with Crippen LogP contribution in [-0.2, 0) is 6.42 Å². The lowest BCUT2D eigenvalue weighted by atomic mass is 10.1. The highest BCUT2D eigenvalue weighted by molar-refractivity contribution is 7.09. The van der Waals surface area contributed by atoms with E-state index in [1.807, 2.05) is 36.4 Å². The van der Waals surface area contributed by atoms with Gasteiger partial charge in [0.25, 0.3) is 0 Å². The van der Waals surface area contributed by atoms with E-state index in [9.17, 15) is 4.39 Å². The van der Waals surface area contributed by atoms with E-state index in [-0.39, 0.29) is 5.82 Å². The Balaban J connectivity index is 1.31. The molecule has 1 fully saturated rings. The maximum atomic E-state index is 13.0. The Morgan fingerprint density at radius 2 is 1.81 bits per heavy atom. The molecule has 3 aromatic rings. The lowest BCUT2D eigenvalue weighted by Gasteiger charge is -2.34. The van der Waals surface area contributed by atoms with Crippen LogP contribution in [0.15, 0.2) is 48.5 Å². The SMILES string of the molecule is Fc1ccc(CCN2CCN(c3nc(-c4cccc(Cl)c4)ns3)CC2)cc1. The molecule has 0 radical (unpaired) electrons. The van der Waals surface area contributed by atoms with Gasteiger partial charge < -0.3 is 4.90 Å². The van der Waals surface area contributed by atoms with Gasteiger partial charge in [-0.15, -0.1) is 0 Å². The molecule has 1 aliphatic rings.